The Bertz CT molecular complexity index is 477. The van der Waals surface area contributed by atoms with Crippen molar-refractivity contribution in [3.63, 3.8) is 0 Å². The zero-order valence-electron chi connectivity index (χ0n) is 11.6. The summed E-state index contributed by atoms with van der Waals surface area (Å²) in [5.41, 5.74) is 0. The molecule has 0 N–H and O–H groups in total. The van der Waals surface area contributed by atoms with E-state index in [2.05, 4.69) is 9.47 Å². The van der Waals surface area contributed by atoms with Gasteiger partial charge in [0.1, 0.15) is 13.2 Å². The second kappa shape index (κ2) is 6.52. The molecule has 0 aromatic heterocycles. The first-order chi connectivity index (χ1) is 11.0. The maximum Gasteiger partial charge on any atom is 0.370 e. The van der Waals surface area contributed by atoms with Crippen LogP contribution in [0.25, 0.3) is 0 Å². The van der Waals surface area contributed by atoms with E-state index in [9.17, 15) is 52.7 Å². The van der Waals surface area contributed by atoms with Gasteiger partial charge in [-0.3, -0.25) is 0 Å². The van der Waals surface area contributed by atoms with Crippen molar-refractivity contribution in [2.24, 2.45) is 0 Å². The summed E-state index contributed by atoms with van der Waals surface area (Å²) in [6.45, 7) is -5.28. The summed E-state index contributed by atoms with van der Waals surface area (Å²) in [7, 11) is 0. The molecule has 0 unspecified atom stereocenters. The minimum absolute atomic E-state index is 0.476. The highest BCUT2D eigenvalue weighted by Gasteiger charge is 2.74. The maximum absolute atomic E-state index is 13.7. The molecule has 25 heavy (non-hydrogen) atoms. The lowest BCUT2D eigenvalue weighted by Gasteiger charge is -2.37. The van der Waals surface area contributed by atoms with Crippen molar-refractivity contribution < 1.29 is 62.2 Å². The molecule has 0 saturated heterocycles. The molecule has 0 fully saturated rings. The number of ether oxygens (including phenoxy) is 2. The van der Waals surface area contributed by atoms with Crippen LogP contribution in [0.4, 0.5) is 52.7 Å². The van der Waals surface area contributed by atoms with Gasteiger partial charge in [-0.25, -0.2) is 17.6 Å². The van der Waals surface area contributed by atoms with Crippen molar-refractivity contribution in [3.8, 4) is 0 Å². The molecular weight excluding hydrogens is 392 g/mol. The largest absolute Gasteiger partial charge is 0.370 e. The summed E-state index contributed by atoms with van der Waals surface area (Å²) in [6.07, 6.45) is -10.1. The Balaban J connectivity index is 3.11. The number of hydrogen-bond acceptors (Lipinski definition) is 2. The Morgan fingerprint density at radius 1 is 0.720 bits per heavy atom. The van der Waals surface area contributed by atoms with Gasteiger partial charge in [0.2, 0.25) is 0 Å². The van der Waals surface area contributed by atoms with Crippen LogP contribution in [0.3, 0.4) is 0 Å². The topological polar surface area (TPSA) is 18.5 Å². The van der Waals surface area contributed by atoms with Crippen molar-refractivity contribution in [2.45, 2.75) is 42.3 Å². The third kappa shape index (κ3) is 3.99. The molecule has 0 radical (unpaired) electrons. The molecule has 0 atom stereocenters. The molecule has 14 heteroatoms. The monoisotopic (exact) mass is 400 g/mol. The van der Waals surface area contributed by atoms with E-state index in [1.165, 1.54) is 0 Å². The first-order valence-corrected chi connectivity index (χ1v) is 6.07. The van der Waals surface area contributed by atoms with Crippen LogP contribution in [-0.2, 0) is 9.47 Å². The van der Waals surface area contributed by atoms with Crippen LogP contribution in [0.15, 0.2) is 12.2 Å². The second-order valence-electron chi connectivity index (χ2n) is 4.90. The Hall–Kier alpha value is -1.18. The van der Waals surface area contributed by atoms with E-state index < -0.39 is 67.7 Å². The first kappa shape index (κ1) is 21.9. The Labute approximate surface area is 131 Å². The predicted octanol–water partition coefficient (Wildman–Crippen LogP) is 4.36. The van der Waals surface area contributed by atoms with Gasteiger partial charge in [0.15, 0.2) is 0 Å². The fourth-order valence-electron chi connectivity index (χ4n) is 1.51. The Morgan fingerprint density at radius 3 is 1.32 bits per heavy atom. The van der Waals surface area contributed by atoms with Crippen molar-refractivity contribution in [1.82, 2.24) is 0 Å². The molecule has 0 spiro atoms. The number of halogens is 12. The number of alkyl halides is 12. The van der Waals surface area contributed by atoms with Crippen molar-refractivity contribution >= 4 is 0 Å². The minimum Gasteiger partial charge on any atom is -0.335 e. The Morgan fingerprint density at radius 2 is 1.08 bits per heavy atom. The number of rotatable bonds is 8. The quantitative estimate of drug-likeness (QED) is 0.343. The predicted molar refractivity (Wildman–Crippen MR) is 55.6 cm³/mol. The molecule has 2 nitrogen and oxygen atoms in total. The lowest BCUT2D eigenvalue weighted by molar-refractivity contribution is -0.370. The number of allylic oxidation sites excluding steroid dienone is 1. The van der Waals surface area contributed by atoms with Gasteiger partial charge in [0.25, 0.3) is 5.79 Å². The highest BCUT2D eigenvalue weighted by molar-refractivity contribution is 5.24. The fraction of sp³-hybridized carbons (Fsp3) is 0.818. The average Bonchev–Trinajstić information content (AvgIpc) is 2.62. The van der Waals surface area contributed by atoms with Gasteiger partial charge in [-0.15, -0.1) is 0 Å². The van der Waals surface area contributed by atoms with Gasteiger partial charge >= 0.3 is 36.5 Å². The van der Waals surface area contributed by atoms with Gasteiger partial charge in [0, 0.05) is 0 Å². The summed E-state index contributed by atoms with van der Waals surface area (Å²) in [5.74, 6) is -25.5. The van der Waals surface area contributed by atoms with Gasteiger partial charge in [-0.05, 0) is 12.2 Å². The third-order valence-corrected chi connectivity index (χ3v) is 2.96. The maximum atomic E-state index is 13.7. The molecule has 0 aromatic rings. The third-order valence-electron chi connectivity index (χ3n) is 2.96. The van der Waals surface area contributed by atoms with E-state index >= 15 is 0 Å². The standard InChI is InChI=1S/C11H8F12O2/c12-5(13)7(16,17)3-24-10(25-4-8(18,19)6(14)15)2-1-9(20,21)11(10,22)23/h1-2,5-6H,3-4H2. The summed E-state index contributed by atoms with van der Waals surface area (Å²) in [4.78, 5) is 0. The van der Waals surface area contributed by atoms with Crippen LogP contribution in [0.5, 0.6) is 0 Å². The van der Waals surface area contributed by atoms with Crippen LogP contribution < -0.4 is 0 Å². The summed E-state index contributed by atoms with van der Waals surface area (Å²) >= 11 is 0. The summed E-state index contributed by atoms with van der Waals surface area (Å²) in [6, 6.07) is 0. The molecule has 0 heterocycles. The van der Waals surface area contributed by atoms with E-state index in [0.29, 0.717) is 0 Å². The molecule has 0 aromatic carbocycles. The lowest BCUT2D eigenvalue weighted by atomic mass is 10.1. The number of hydrogen-bond donors (Lipinski definition) is 0. The molecular formula is C11H8F12O2. The fourth-order valence-corrected chi connectivity index (χ4v) is 1.51. The highest BCUT2D eigenvalue weighted by atomic mass is 19.3. The van der Waals surface area contributed by atoms with Crippen molar-refractivity contribution in [3.05, 3.63) is 12.2 Å². The summed E-state index contributed by atoms with van der Waals surface area (Å²) in [5, 5.41) is 0. The molecule has 0 saturated carbocycles. The van der Waals surface area contributed by atoms with Crippen LogP contribution in [0.1, 0.15) is 0 Å². The zero-order chi connectivity index (χ0) is 19.9. The van der Waals surface area contributed by atoms with E-state index in [-0.39, 0.29) is 0 Å². The van der Waals surface area contributed by atoms with Crippen molar-refractivity contribution in [1.29, 1.82) is 0 Å². The van der Waals surface area contributed by atoms with Crippen molar-refractivity contribution in [2.75, 3.05) is 13.2 Å². The molecule has 0 bridgehead atoms. The van der Waals surface area contributed by atoms with E-state index in [4.69, 9.17) is 0 Å². The lowest BCUT2D eigenvalue weighted by Crippen LogP contribution is -2.58. The molecule has 0 aliphatic heterocycles. The van der Waals surface area contributed by atoms with E-state index in [1.54, 1.807) is 0 Å². The molecule has 1 rings (SSSR count). The first-order valence-electron chi connectivity index (χ1n) is 6.07. The summed E-state index contributed by atoms with van der Waals surface area (Å²) < 4.78 is 160. The van der Waals surface area contributed by atoms with Crippen LogP contribution in [0.2, 0.25) is 0 Å². The Kier molecular flexibility index (Phi) is 5.70. The van der Waals surface area contributed by atoms with Gasteiger partial charge in [-0.2, -0.15) is 35.1 Å². The molecule has 1 aliphatic rings. The zero-order valence-corrected chi connectivity index (χ0v) is 11.6. The van der Waals surface area contributed by atoms with E-state index in [0.717, 1.165) is 0 Å². The SMILES string of the molecule is FC(F)C(F)(F)COC1(OCC(F)(F)C(F)F)C=CC(F)(F)C1(F)F. The van der Waals surface area contributed by atoms with E-state index in [1.807, 2.05) is 0 Å². The molecule has 1 aliphatic carbocycles. The minimum atomic E-state index is -5.63. The van der Waals surface area contributed by atoms with Crippen LogP contribution in [0, 0.1) is 0 Å². The normalized spacial score (nSPS) is 22.2. The second-order valence-corrected chi connectivity index (χ2v) is 4.90. The van der Waals surface area contributed by atoms with Crippen LogP contribution >= 0.6 is 0 Å². The molecule has 0 amide bonds. The smallest absolute Gasteiger partial charge is 0.335 e. The van der Waals surface area contributed by atoms with Gasteiger partial charge in [0.05, 0.1) is 0 Å². The van der Waals surface area contributed by atoms with Crippen LogP contribution in [-0.4, -0.2) is 55.5 Å². The van der Waals surface area contributed by atoms with Gasteiger partial charge in [-0.1, -0.05) is 0 Å². The average molecular weight is 400 g/mol. The van der Waals surface area contributed by atoms with Gasteiger partial charge < -0.3 is 9.47 Å². The molecule has 148 valence electrons. The highest BCUT2D eigenvalue weighted by Crippen LogP contribution is 2.52.